The maximum Gasteiger partial charge on any atom is 0.222 e. The van der Waals surface area contributed by atoms with Crippen molar-refractivity contribution in [1.82, 2.24) is 5.32 Å². The monoisotopic (exact) mass is 185 g/mol. The third-order valence-corrected chi connectivity index (χ3v) is 1.72. The normalized spacial score (nSPS) is 13.9. The number of amides is 1. The summed E-state index contributed by atoms with van der Waals surface area (Å²) < 4.78 is 0. The number of nitrogens with two attached hydrogens (primary N) is 1. The van der Waals surface area contributed by atoms with Gasteiger partial charge in [-0.15, -0.1) is 0 Å². The second-order valence-corrected chi connectivity index (χ2v) is 3.15. The summed E-state index contributed by atoms with van der Waals surface area (Å²) >= 11 is 0. The Bertz CT molecular complexity index is 185. The van der Waals surface area contributed by atoms with E-state index in [9.17, 15) is 4.79 Å². The maximum atomic E-state index is 11.2. The van der Waals surface area contributed by atoms with Crippen molar-refractivity contribution in [3.8, 4) is 0 Å². The molecule has 3 N–H and O–H groups in total. The molecule has 1 atom stereocenters. The SMILES string of the molecule is CCC(C)NC(=O)CCN=C(C)N. The second-order valence-electron chi connectivity index (χ2n) is 3.15. The van der Waals surface area contributed by atoms with E-state index in [1.54, 1.807) is 6.92 Å². The highest BCUT2D eigenvalue weighted by Crippen LogP contribution is 1.90. The van der Waals surface area contributed by atoms with E-state index in [1.807, 2.05) is 13.8 Å². The fourth-order valence-electron chi connectivity index (χ4n) is 0.783. The van der Waals surface area contributed by atoms with Crippen molar-refractivity contribution in [2.24, 2.45) is 10.7 Å². The minimum atomic E-state index is 0.0411. The van der Waals surface area contributed by atoms with Crippen LogP contribution in [0.15, 0.2) is 4.99 Å². The van der Waals surface area contributed by atoms with Gasteiger partial charge in [0.1, 0.15) is 0 Å². The summed E-state index contributed by atoms with van der Waals surface area (Å²) in [6.45, 7) is 6.21. The van der Waals surface area contributed by atoms with Crippen molar-refractivity contribution in [3.63, 3.8) is 0 Å². The Morgan fingerprint density at radius 2 is 2.23 bits per heavy atom. The molecule has 1 unspecified atom stereocenters. The summed E-state index contributed by atoms with van der Waals surface area (Å²) in [5, 5.41) is 2.85. The van der Waals surface area contributed by atoms with Crippen LogP contribution in [0, 0.1) is 0 Å². The van der Waals surface area contributed by atoms with Gasteiger partial charge in [-0.05, 0) is 20.3 Å². The van der Waals surface area contributed by atoms with Crippen molar-refractivity contribution in [3.05, 3.63) is 0 Å². The third kappa shape index (κ3) is 7.31. The lowest BCUT2D eigenvalue weighted by Crippen LogP contribution is -2.32. The highest BCUT2D eigenvalue weighted by molar-refractivity contribution is 5.79. The predicted molar refractivity (Wildman–Crippen MR) is 54.7 cm³/mol. The quantitative estimate of drug-likeness (QED) is 0.488. The summed E-state index contributed by atoms with van der Waals surface area (Å²) in [7, 11) is 0. The summed E-state index contributed by atoms with van der Waals surface area (Å²) in [5.74, 6) is 0.565. The number of hydrogen-bond acceptors (Lipinski definition) is 2. The van der Waals surface area contributed by atoms with E-state index < -0.39 is 0 Å². The van der Waals surface area contributed by atoms with Gasteiger partial charge in [0, 0.05) is 19.0 Å². The van der Waals surface area contributed by atoms with Crippen LogP contribution in [0.2, 0.25) is 0 Å². The van der Waals surface area contributed by atoms with Crippen LogP contribution in [0.25, 0.3) is 0 Å². The van der Waals surface area contributed by atoms with Crippen LogP contribution in [0.4, 0.5) is 0 Å². The molecule has 76 valence electrons. The summed E-state index contributed by atoms with van der Waals surface area (Å²) in [4.78, 5) is 15.1. The van der Waals surface area contributed by atoms with Gasteiger partial charge in [-0.25, -0.2) is 0 Å². The van der Waals surface area contributed by atoms with Crippen LogP contribution in [0.5, 0.6) is 0 Å². The average Bonchev–Trinajstić information content (AvgIpc) is 2.03. The molecular weight excluding hydrogens is 166 g/mol. The molecule has 0 heterocycles. The molecule has 4 heteroatoms. The molecule has 0 aliphatic carbocycles. The number of carbonyl (C=O) groups excluding carboxylic acids is 1. The standard InChI is InChI=1S/C9H19N3O/c1-4-7(2)12-9(13)5-6-11-8(3)10/h7H,4-6H2,1-3H3,(H2,10,11)(H,12,13). The Balaban J connectivity index is 3.58. The van der Waals surface area contributed by atoms with Gasteiger partial charge in [-0.2, -0.15) is 0 Å². The highest BCUT2D eigenvalue weighted by Gasteiger charge is 2.03. The van der Waals surface area contributed by atoms with Gasteiger partial charge in [0.05, 0.1) is 5.84 Å². The highest BCUT2D eigenvalue weighted by atomic mass is 16.1. The maximum absolute atomic E-state index is 11.2. The minimum Gasteiger partial charge on any atom is -0.388 e. The van der Waals surface area contributed by atoms with E-state index >= 15 is 0 Å². The zero-order valence-corrected chi connectivity index (χ0v) is 8.63. The van der Waals surface area contributed by atoms with E-state index in [0.29, 0.717) is 18.8 Å². The van der Waals surface area contributed by atoms with Crippen molar-refractivity contribution in [2.45, 2.75) is 39.7 Å². The molecule has 0 saturated heterocycles. The van der Waals surface area contributed by atoms with Crippen LogP contribution in [0.1, 0.15) is 33.6 Å². The first-order valence-corrected chi connectivity index (χ1v) is 4.62. The molecule has 0 aromatic rings. The molecule has 0 aromatic heterocycles. The number of rotatable bonds is 5. The summed E-state index contributed by atoms with van der Waals surface area (Å²) in [6.07, 6.45) is 1.36. The van der Waals surface area contributed by atoms with Crippen LogP contribution < -0.4 is 11.1 Å². The van der Waals surface area contributed by atoms with Crippen molar-refractivity contribution >= 4 is 11.7 Å². The lowest BCUT2D eigenvalue weighted by molar-refractivity contribution is -0.121. The molecule has 0 aromatic carbocycles. The molecule has 0 saturated carbocycles. The molecule has 1 amide bonds. The predicted octanol–water partition coefficient (Wildman–Crippen LogP) is 0.668. The van der Waals surface area contributed by atoms with E-state index in [2.05, 4.69) is 10.3 Å². The molecule has 4 nitrogen and oxygen atoms in total. The fourth-order valence-corrected chi connectivity index (χ4v) is 0.783. The zero-order valence-electron chi connectivity index (χ0n) is 8.63. The van der Waals surface area contributed by atoms with Crippen LogP contribution in [0.3, 0.4) is 0 Å². The Morgan fingerprint density at radius 1 is 1.62 bits per heavy atom. The molecule has 13 heavy (non-hydrogen) atoms. The molecule has 0 aliphatic heterocycles. The van der Waals surface area contributed by atoms with Gasteiger partial charge in [0.15, 0.2) is 0 Å². The number of nitrogens with zero attached hydrogens (tertiary/aromatic N) is 1. The molecular formula is C9H19N3O. The van der Waals surface area contributed by atoms with Crippen LogP contribution in [-0.2, 0) is 4.79 Å². The van der Waals surface area contributed by atoms with E-state index in [0.717, 1.165) is 6.42 Å². The first-order chi connectivity index (χ1) is 6.06. The molecule has 0 rings (SSSR count). The van der Waals surface area contributed by atoms with Crippen molar-refractivity contribution < 1.29 is 4.79 Å². The first-order valence-electron chi connectivity index (χ1n) is 4.62. The van der Waals surface area contributed by atoms with Gasteiger partial charge in [0.25, 0.3) is 0 Å². The largest absolute Gasteiger partial charge is 0.388 e. The summed E-state index contributed by atoms with van der Waals surface area (Å²) in [6, 6.07) is 0.246. The number of amidine groups is 1. The molecule has 0 spiro atoms. The van der Waals surface area contributed by atoms with Gasteiger partial charge in [-0.3, -0.25) is 9.79 Å². The number of hydrogen-bond donors (Lipinski definition) is 2. The Morgan fingerprint density at radius 3 is 2.69 bits per heavy atom. The smallest absolute Gasteiger partial charge is 0.222 e. The van der Waals surface area contributed by atoms with E-state index in [1.165, 1.54) is 0 Å². The van der Waals surface area contributed by atoms with Gasteiger partial charge >= 0.3 is 0 Å². The van der Waals surface area contributed by atoms with Crippen molar-refractivity contribution in [1.29, 1.82) is 0 Å². The number of aliphatic imine (C=N–C) groups is 1. The van der Waals surface area contributed by atoms with Crippen LogP contribution in [-0.4, -0.2) is 24.3 Å². The van der Waals surface area contributed by atoms with E-state index in [-0.39, 0.29) is 11.9 Å². The zero-order chi connectivity index (χ0) is 10.3. The Kier molecular flexibility index (Phi) is 5.93. The molecule has 0 bridgehead atoms. The first kappa shape index (κ1) is 11.9. The fraction of sp³-hybridized carbons (Fsp3) is 0.778. The van der Waals surface area contributed by atoms with Gasteiger partial charge < -0.3 is 11.1 Å². The molecule has 0 radical (unpaired) electrons. The van der Waals surface area contributed by atoms with E-state index in [4.69, 9.17) is 5.73 Å². The second kappa shape index (κ2) is 6.46. The topological polar surface area (TPSA) is 67.5 Å². The number of carbonyl (C=O) groups is 1. The third-order valence-electron chi connectivity index (χ3n) is 1.72. The average molecular weight is 185 g/mol. The van der Waals surface area contributed by atoms with Crippen molar-refractivity contribution in [2.75, 3.05) is 6.54 Å². The van der Waals surface area contributed by atoms with Gasteiger partial charge in [-0.1, -0.05) is 6.92 Å². The summed E-state index contributed by atoms with van der Waals surface area (Å²) in [5.41, 5.74) is 5.32. The number of nitrogens with one attached hydrogen (secondary N) is 1. The lowest BCUT2D eigenvalue weighted by Gasteiger charge is -2.10. The van der Waals surface area contributed by atoms with Crippen LogP contribution >= 0.6 is 0 Å². The Hall–Kier alpha value is -1.06. The lowest BCUT2D eigenvalue weighted by atomic mass is 10.2. The molecule has 0 aliphatic rings. The van der Waals surface area contributed by atoms with Gasteiger partial charge in [0.2, 0.25) is 5.91 Å². The minimum absolute atomic E-state index is 0.0411. The Labute approximate surface area is 79.6 Å². The molecule has 0 fully saturated rings.